The molecule has 0 aromatic heterocycles. The zero-order chi connectivity index (χ0) is 7.23. The maximum atomic E-state index is 5.54. The molecule has 1 rings (SSSR count). The van der Waals surface area contributed by atoms with Crippen molar-refractivity contribution in [2.75, 3.05) is 5.88 Å². The number of hydrogen-bond donors (Lipinski definition) is 1. The predicted octanol–water partition coefficient (Wildman–Crippen LogP) is 2.65. The van der Waals surface area contributed by atoms with Crippen LogP contribution < -0.4 is 4.72 Å². The van der Waals surface area contributed by atoms with Gasteiger partial charge in [-0.1, -0.05) is 6.08 Å². The molecule has 0 unspecified atom stereocenters. The Morgan fingerprint density at radius 3 is 3.10 bits per heavy atom. The van der Waals surface area contributed by atoms with Gasteiger partial charge in [-0.2, -0.15) is 0 Å². The maximum Gasteiger partial charge on any atom is 0.0227 e. The van der Waals surface area contributed by atoms with E-state index in [-0.39, 0.29) is 0 Å². The number of nitrogens with one attached hydrogen (secondary N) is 1. The van der Waals surface area contributed by atoms with Gasteiger partial charge in [0.2, 0.25) is 0 Å². The summed E-state index contributed by atoms with van der Waals surface area (Å²) >= 11 is 7.15. The van der Waals surface area contributed by atoms with Gasteiger partial charge in [0, 0.05) is 11.6 Å². The van der Waals surface area contributed by atoms with Crippen LogP contribution in [0.2, 0.25) is 0 Å². The first-order valence-electron chi connectivity index (χ1n) is 3.27. The smallest absolute Gasteiger partial charge is 0.0227 e. The molecule has 0 aromatic carbocycles. The third-order valence-electron chi connectivity index (χ3n) is 1.21. The molecule has 0 amide bonds. The standard InChI is InChI=1S/C7H10ClNS/c8-5-1-3-7-4-2-6-10-9-7/h2,4,6,9H,1,3,5H2. The van der Waals surface area contributed by atoms with Crippen molar-refractivity contribution < 1.29 is 0 Å². The van der Waals surface area contributed by atoms with Gasteiger partial charge >= 0.3 is 0 Å². The fourth-order valence-corrected chi connectivity index (χ4v) is 1.41. The van der Waals surface area contributed by atoms with Crippen molar-refractivity contribution in [3.63, 3.8) is 0 Å². The van der Waals surface area contributed by atoms with Crippen LogP contribution >= 0.6 is 23.5 Å². The molecule has 1 nitrogen and oxygen atoms in total. The average Bonchev–Trinajstić information content (AvgIpc) is 2.03. The van der Waals surface area contributed by atoms with E-state index in [0.717, 1.165) is 18.7 Å². The van der Waals surface area contributed by atoms with Gasteiger partial charge in [0.1, 0.15) is 0 Å². The predicted molar refractivity (Wildman–Crippen MR) is 47.9 cm³/mol. The molecule has 0 aromatic rings. The van der Waals surface area contributed by atoms with E-state index in [0.29, 0.717) is 0 Å². The summed E-state index contributed by atoms with van der Waals surface area (Å²) in [6, 6.07) is 0. The Labute approximate surface area is 70.7 Å². The van der Waals surface area contributed by atoms with E-state index in [1.54, 1.807) is 11.9 Å². The number of halogens is 1. The van der Waals surface area contributed by atoms with E-state index in [2.05, 4.69) is 10.8 Å². The molecule has 1 N–H and O–H groups in total. The largest absolute Gasteiger partial charge is 0.330 e. The highest BCUT2D eigenvalue weighted by atomic mass is 35.5. The molecule has 1 heterocycles. The lowest BCUT2D eigenvalue weighted by atomic mass is 10.2. The maximum absolute atomic E-state index is 5.54. The summed E-state index contributed by atoms with van der Waals surface area (Å²) in [4.78, 5) is 0. The second-order valence-corrected chi connectivity index (χ2v) is 3.12. The third-order valence-corrected chi connectivity index (χ3v) is 2.15. The molecular formula is C7H10ClNS. The van der Waals surface area contributed by atoms with Crippen LogP contribution in [0.1, 0.15) is 12.8 Å². The van der Waals surface area contributed by atoms with Crippen LogP contribution in [0.5, 0.6) is 0 Å². The van der Waals surface area contributed by atoms with Crippen molar-refractivity contribution in [3.8, 4) is 0 Å². The van der Waals surface area contributed by atoms with Crippen molar-refractivity contribution in [1.29, 1.82) is 0 Å². The molecule has 10 heavy (non-hydrogen) atoms. The summed E-state index contributed by atoms with van der Waals surface area (Å²) in [6.07, 6.45) is 6.24. The lowest BCUT2D eigenvalue weighted by Crippen LogP contribution is -2.04. The minimum Gasteiger partial charge on any atom is -0.330 e. The van der Waals surface area contributed by atoms with Crippen molar-refractivity contribution >= 4 is 23.5 Å². The Kier molecular flexibility index (Phi) is 3.76. The van der Waals surface area contributed by atoms with Crippen LogP contribution in [-0.2, 0) is 0 Å². The Hall–Kier alpha value is -0.0800. The minimum atomic E-state index is 0.743. The molecule has 3 heteroatoms. The van der Waals surface area contributed by atoms with Crippen LogP contribution in [0, 0.1) is 0 Å². The molecule has 0 aliphatic carbocycles. The number of alkyl halides is 1. The molecular weight excluding hydrogens is 166 g/mol. The summed E-state index contributed by atoms with van der Waals surface area (Å²) < 4.78 is 3.19. The SMILES string of the molecule is ClCCCC1=CC=CSN1. The van der Waals surface area contributed by atoms with Gasteiger partial charge < -0.3 is 4.72 Å². The molecule has 0 spiro atoms. The Bertz CT molecular complexity index is 154. The highest BCUT2D eigenvalue weighted by Gasteiger charge is 1.96. The quantitative estimate of drug-likeness (QED) is 0.523. The van der Waals surface area contributed by atoms with E-state index >= 15 is 0 Å². The third kappa shape index (κ3) is 2.67. The van der Waals surface area contributed by atoms with E-state index < -0.39 is 0 Å². The first-order chi connectivity index (χ1) is 4.93. The van der Waals surface area contributed by atoms with E-state index in [1.165, 1.54) is 5.70 Å². The van der Waals surface area contributed by atoms with Crippen LogP contribution in [0.15, 0.2) is 23.3 Å². The zero-order valence-electron chi connectivity index (χ0n) is 5.64. The van der Waals surface area contributed by atoms with E-state index in [1.807, 2.05) is 11.5 Å². The molecule has 0 saturated carbocycles. The van der Waals surface area contributed by atoms with Gasteiger partial charge in [0.15, 0.2) is 0 Å². The Balaban J connectivity index is 2.25. The molecule has 0 saturated heterocycles. The summed E-state index contributed by atoms with van der Waals surface area (Å²) in [7, 11) is 0. The topological polar surface area (TPSA) is 12.0 Å². The van der Waals surface area contributed by atoms with Crippen LogP contribution in [0.3, 0.4) is 0 Å². The van der Waals surface area contributed by atoms with Crippen molar-refractivity contribution in [2.45, 2.75) is 12.8 Å². The summed E-state index contributed by atoms with van der Waals surface area (Å²) in [6.45, 7) is 0. The van der Waals surface area contributed by atoms with Crippen molar-refractivity contribution in [3.05, 3.63) is 23.3 Å². The summed E-state index contributed by atoms with van der Waals surface area (Å²) in [5.41, 5.74) is 1.27. The fraction of sp³-hybridized carbons (Fsp3) is 0.429. The lowest BCUT2D eigenvalue weighted by molar-refractivity contribution is 0.877. The summed E-state index contributed by atoms with van der Waals surface area (Å²) in [5, 5.41) is 2.02. The minimum absolute atomic E-state index is 0.743. The Morgan fingerprint density at radius 2 is 2.50 bits per heavy atom. The second kappa shape index (κ2) is 4.69. The van der Waals surface area contributed by atoms with Gasteiger partial charge in [0.05, 0.1) is 0 Å². The van der Waals surface area contributed by atoms with Crippen molar-refractivity contribution in [1.82, 2.24) is 4.72 Å². The molecule has 0 atom stereocenters. The number of rotatable bonds is 3. The van der Waals surface area contributed by atoms with Crippen LogP contribution in [-0.4, -0.2) is 5.88 Å². The molecule has 1 aliphatic rings. The average molecular weight is 176 g/mol. The van der Waals surface area contributed by atoms with Crippen LogP contribution in [0.25, 0.3) is 0 Å². The van der Waals surface area contributed by atoms with Gasteiger partial charge in [-0.3, -0.25) is 0 Å². The van der Waals surface area contributed by atoms with Crippen molar-refractivity contribution in [2.24, 2.45) is 0 Å². The highest BCUT2D eigenvalue weighted by Crippen LogP contribution is 2.12. The molecule has 1 aliphatic heterocycles. The molecule has 0 fully saturated rings. The van der Waals surface area contributed by atoms with E-state index in [4.69, 9.17) is 11.6 Å². The van der Waals surface area contributed by atoms with Gasteiger partial charge in [-0.25, -0.2) is 0 Å². The Morgan fingerprint density at radius 1 is 1.60 bits per heavy atom. The van der Waals surface area contributed by atoms with Gasteiger partial charge in [-0.15, -0.1) is 11.6 Å². The molecule has 0 radical (unpaired) electrons. The normalized spacial score (nSPS) is 16.3. The monoisotopic (exact) mass is 175 g/mol. The second-order valence-electron chi connectivity index (χ2n) is 2.03. The van der Waals surface area contributed by atoms with Gasteiger partial charge in [0.25, 0.3) is 0 Å². The fourth-order valence-electron chi connectivity index (χ4n) is 0.730. The summed E-state index contributed by atoms with van der Waals surface area (Å²) in [5.74, 6) is 0.743. The number of allylic oxidation sites excluding steroid dienone is 3. The molecule has 56 valence electrons. The molecule has 0 bridgehead atoms. The van der Waals surface area contributed by atoms with Gasteiger partial charge in [-0.05, 0) is 36.3 Å². The number of hydrogen-bond acceptors (Lipinski definition) is 2. The first kappa shape index (κ1) is 8.02. The first-order valence-corrected chi connectivity index (χ1v) is 4.68. The lowest BCUT2D eigenvalue weighted by Gasteiger charge is -2.08. The highest BCUT2D eigenvalue weighted by molar-refractivity contribution is 8.00. The zero-order valence-corrected chi connectivity index (χ0v) is 7.21. The van der Waals surface area contributed by atoms with E-state index in [9.17, 15) is 0 Å². The van der Waals surface area contributed by atoms with Crippen LogP contribution in [0.4, 0.5) is 0 Å².